The number of nitrogens with zero attached hydrogens (tertiary/aromatic N) is 1. The third-order valence-electron chi connectivity index (χ3n) is 3.33. The summed E-state index contributed by atoms with van der Waals surface area (Å²) in [5, 5.41) is 3.57. The Kier molecular flexibility index (Phi) is 4.96. The van der Waals surface area contributed by atoms with E-state index in [0.29, 0.717) is 31.5 Å². The van der Waals surface area contributed by atoms with Gasteiger partial charge in [-0.05, 0) is 24.6 Å². The number of aromatic amines is 1. The second-order valence-corrected chi connectivity index (χ2v) is 7.05. The molecule has 2 N–H and O–H groups in total. The Morgan fingerprint density at radius 3 is 2.83 bits per heavy atom. The molecule has 0 unspecified atom stereocenters. The molecule has 0 atom stereocenters. The molecule has 124 valence electrons. The van der Waals surface area contributed by atoms with Crippen LogP contribution in [0.2, 0.25) is 0 Å². The molecule has 2 aromatic heterocycles. The maximum absolute atomic E-state index is 12.5. The lowest BCUT2D eigenvalue weighted by atomic mass is 10.2. The normalized spacial score (nSPS) is 10.9. The van der Waals surface area contributed by atoms with E-state index in [1.165, 1.54) is 0 Å². The van der Waals surface area contributed by atoms with Crippen LogP contribution < -0.4 is 10.9 Å². The SMILES string of the molecule is Cc1c(C(=O)Nc2ccccc2)sc2nc(SCCF)[nH]c(=O)c12. The molecule has 1 aromatic carbocycles. The number of aromatic nitrogens is 2. The molecule has 0 bridgehead atoms. The van der Waals surface area contributed by atoms with Gasteiger partial charge in [0.15, 0.2) is 5.16 Å². The first-order valence-electron chi connectivity index (χ1n) is 7.18. The minimum atomic E-state index is -0.499. The number of carbonyl (C=O) groups excluding carboxylic acids is 1. The smallest absolute Gasteiger partial charge is 0.266 e. The van der Waals surface area contributed by atoms with Gasteiger partial charge in [-0.15, -0.1) is 11.3 Å². The number of benzene rings is 1. The summed E-state index contributed by atoms with van der Waals surface area (Å²) in [7, 11) is 0. The second-order valence-electron chi connectivity index (χ2n) is 4.97. The number of amides is 1. The summed E-state index contributed by atoms with van der Waals surface area (Å²) in [5.74, 6) is -0.0563. The molecule has 0 radical (unpaired) electrons. The number of alkyl halides is 1. The summed E-state index contributed by atoms with van der Waals surface area (Å²) >= 11 is 2.30. The average molecular weight is 363 g/mol. The molecule has 24 heavy (non-hydrogen) atoms. The van der Waals surface area contributed by atoms with Crippen LogP contribution >= 0.6 is 23.1 Å². The number of H-pyrrole nitrogens is 1. The molecule has 0 spiro atoms. The highest BCUT2D eigenvalue weighted by molar-refractivity contribution is 7.99. The van der Waals surface area contributed by atoms with Crippen molar-refractivity contribution >= 4 is 44.9 Å². The van der Waals surface area contributed by atoms with Crippen molar-refractivity contribution in [3.05, 3.63) is 51.1 Å². The van der Waals surface area contributed by atoms with Crippen LogP contribution in [-0.2, 0) is 0 Å². The predicted octanol–water partition coefficient (Wildman–Crippen LogP) is 3.61. The van der Waals surface area contributed by atoms with Gasteiger partial charge in [-0.2, -0.15) is 0 Å². The van der Waals surface area contributed by atoms with Gasteiger partial charge in [0, 0.05) is 11.4 Å². The fourth-order valence-electron chi connectivity index (χ4n) is 2.25. The van der Waals surface area contributed by atoms with Crippen LogP contribution in [0.25, 0.3) is 10.2 Å². The number of hydrogen-bond acceptors (Lipinski definition) is 5. The van der Waals surface area contributed by atoms with Gasteiger partial charge in [-0.1, -0.05) is 30.0 Å². The average Bonchev–Trinajstić information content (AvgIpc) is 2.91. The Labute approximate surface area is 145 Å². The van der Waals surface area contributed by atoms with Gasteiger partial charge in [0.1, 0.15) is 4.83 Å². The Balaban J connectivity index is 1.97. The van der Waals surface area contributed by atoms with Crippen molar-refractivity contribution in [1.29, 1.82) is 0 Å². The Bertz CT molecular complexity index is 938. The number of anilines is 1. The van der Waals surface area contributed by atoms with E-state index in [-0.39, 0.29) is 17.2 Å². The van der Waals surface area contributed by atoms with Gasteiger partial charge in [0.05, 0.1) is 16.9 Å². The number of carbonyl (C=O) groups is 1. The van der Waals surface area contributed by atoms with Crippen molar-refractivity contribution in [2.75, 3.05) is 17.7 Å². The summed E-state index contributed by atoms with van der Waals surface area (Å²) < 4.78 is 12.3. The Hall–Kier alpha value is -2.19. The first-order chi connectivity index (χ1) is 11.6. The summed E-state index contributed by atoms with van der Waals surface area (Å²) in [6.45, 7) is 1.23. The van der Waals surface area contributed by atoms with E-state index < -0.39 is 6.67 Å². The van der Waals surface area contributed by atoms with Gasteiger partial charge in [-0.3, -0.25) is 14.0 Å². The number of thiophene rings is 1. The van der Waals surface area contributed by atoms with Crippen LogP contribution in [0.1, 0.15) is 15.2 Å². The fourth-order valence-corrected chi connectivity index (χ4v) is 3.98. The number of aryl methyl sites for hydroxylation is 1. The molecule has 3 aromatic rings. The van der Waals surface area contributed by atoms with Crippen LogP contribution in [-0.4, -0.2) is 28.3 Å². The summed E-state index contributed by atoms with van der Waals surface area (Å²) in [6.07, 6.45) is 0. The van der Waals surface area contributed by atoms with Crippen LogP contribution in [0, 0.1) is 6.92 Å². The van der Waals surface area contributed by atoms with E-state index in [1.54, 1.807) is 19.1 Å². The molecule has 0 fully saturated rings. The monoisotopic (exact) mass is 363 g/mol. The number of fused-ring (bicyclic) bond motifs is 1. The first-order valence-corrected chi connectivity index (χ1v) is 8.99. The van der Waals surface area contributed by atoms with E-state index >= 15 is 0 Å². The lowest BCUT2D eigenvalue weighted by Crippen LogP contribution is -2.12. The van der Waals surface area contributed by atoms with E-state index in [0.717, 1.165) is 23.1 Å². The van der Waals surface area contributed by atoms with Crippen molar-refractivity contribution in [2.45, 2.75) is 12.1 Å². The molecule has 2 heterocycles. The summed E-state index contributed by atoms with van der Waals surface area (Å²) in [4.78, 5) is 32.6. The molecule has 1 amide bonds. The Morgan fingerprint density at radius 2 is 2.12 bits per heavy atom. The standard InChI is InChI=1S/C16H14FN3O2S2/c1-9-11-13(21)19-16(23-8-7-17)20-15(11)24-12(9)14(22)18-10-5-3-2-4-6-10/h2-6H,7-8H2,1H3,(H,18,22)(H,19,20,21). The second kappa shape index (κ2) is 7.14. The van der Waals surface area contributed by atoms with E-state index in [9.17, 15) is 14.0 Å². The van der Waals surface area contributed by atoms with Crippen molar-refractivity contribution < 1.29 is 9.18 Å². The fraction of sp³-hybridized carbons (Fsp3) is 0.188. The van der Waals surface area contributed by atoms with Crippen LogP contribution in [0.5, 0.6) is 0 Å². The number of para-hydroxylation sites is 1. The quantitative estimate of drug-likeness (QED) is 0.536. The third-order valence-corrected chi connectivity index (χ3v) is 5.34. The molecule has 5 nitrogen and oxygen atoms in total. The van der Waals surface area contributed by atoms with Crippen molar-refractivity contribution in [3.63, 3.8) is 0 Å². The van der Waals surface area contributed by atoms with Gasteiger partial charge in [-0.25, -0.2) is 4.98 Å². The predicted molar refractivity (Wildman–Crippen MR) is 96.1 cm³/mol. The van der Waals surface area contributed by atoms with E-state index in [4.69, 9.17) is 0 Å². The summed E-state index contributed by atoms with van der Waals surface area (Å²) in [5.41, 5.74) is 0.966. The maximum Gasteiger partial charge on any atom is 0.266 e. The molecular formula is C16H14FN3O2S2. The molecule has 0 aliphatic heterocycles. The molecular weight excluding hydrogens is 349 g/mol. The Morgan fingerprint density at radius 1 is 1.38 bits per heavy atom. The minimum Gasteiger partial charge on any atom is -0.321 e. The zero-order valence-electron chi connectivity index (χ0n) is 12.8. The highest BCUT2D eigenvalue weighted by Crippen LogP contribution is 2.29. The van der Waals surface area contributed by atoms with Crippen LogP contribution in [0.4, 0.5) is 10.1 Å². The topological polar surface area (TPSA) is 74.8 Å². The highest BCUT2D eigenvalue weighted by atomic mass is 32.2. The molecule has 8 heteroatoms. The van der Waals surface area contributed by atoms with Crippen molar-refractivity contribution in [1.82, 2.24) is 9.97 Å². The van der Waals surface area contributed by atoms with E-state index in [2.05, 4.69) is 15.3 Å². The van der Waals surface area contributed by atoms with Crippen LogP contribution in [0.3, 0.4) is 0 Å². The number of rotatable bonds is 5. The summed E-state index contributed by atoms with van der Waals surface area (Å²) in [6, 6.07) is 9.09. The number of nitrogens with one attached hydrogen (secondary N) is 2. The highest BCUT2D eigenvalue weighted by Gasteiger charge is 2.19. The van der Waals surface area contributed by atoms with E-state index in [1.807, 2.05) is 18.2 Å². The minimum absolute atomic E-state index is 0.222. The third kappa shape index (κ3) is 3.34. The largest absolute Gasteiger partial charge is 0.321 e. The van der Waals surface area contributed by atoms with Gasteiger partial charge < -0.3 is 10.3 Å². The molecule has 0 aliphatic rings. The zero-order chi connectivity index (χ0) is 17.1. The van der Waals surface area contributed by atoms with Crippen molar-refractivity contribution in [3.8, 4) is 0 Å². The van der Waals surface area contributed by atoms with Gasteiger partial charge in [0.2, 0.25) is 0 Å². The maximum atomic E-state index is 12.5. The van der Waals surface area contributed by atoms with Gasteiger partial charge in [0.25, 0.3) is 11.5 Å². The van der Waals surface area contributed by atoms with Crippen molar-refractivity contribution in [2.24, 2.45) is 0 Å². The first kappa shape index (κ1) is 16.7. The molecule has 0 saturated heterocycles. The molecule has 0 saturated carbocycles. The van der Waals surface area contributed by atoms with Crippen LogP contribution in [0.15, 0.2) is 40.3 Å². The zero-order valence-corrected chi connectivity index (χ0v) is 14.4. The number of halogens is 1. The lowest BCUT2D eigenvalue weighted by molar-refractivity contribution is 0.103. The molecule has 3 rings (SSSR count). The number of thioether (sulfide) groups is 1. The molecule has 0 aliphatic carbocycles. The number of hydrogen-bond donors (Lipinski definition) is 2. The van der Waals surface area contributed by atoms with Gasteiger partial charge >= 0.3 is 0 Å². The lowest BCUT2D eigenvalue weighted by Gasteiger charge is -2.03.